The normalized spacial score (nSPS) is 16.6. The molecule has 8 heteroatoms. The number of pyridine rings is 2. The Morgan fingerprint density at radius 3 is 2.31 bits per heavy atom. The minimum Gasteiger partial charge on any atom is -0.497 e. The Morgan fingerprint density at radius 1 is 0.846 bits per heavy atom. The van der Waals surface area contributed by atoms with E-state index in [2.05, 4.69) is 49.1 Å². The van der Waals surface area contributed by atoms with Gasteiger partial charge in [0.1, 0.15) is 23.3 Å². The van der Waals surface area contributed by atoms with Crippen molar-refractivity contribution in [1.82, 2.24) is 19.9 Å². The van der Waals surface area contributed by atoms with Crippen molar-refractivity contribution in [2.45, 2.75) is 18.6 Å². The number of nitrogens with one attached hydrogen (secondary N) is 1. The largest absolute Gasteiger partial charge is 0.497 e. The molecule has 0 saturated carbocycles. The van der Waals surface area contributed by atoms with Gasteiger partial charge in [-0.05, 0) is 96.6 Å². The van der Waals surface area contributed by atoms with Crippen LogP contribution in [0.3, 0.4) is 0 Å². The lowest BCUT2D eigenvalue weighted by Gasteiger charge is -2.29. The molecule has 0 bridgehead atoms. The van der Waals surface area contributed by atoms with Gasteiger partial charge in [-0.3, -0.25) is 9.97 Å². The first kappa shape index (κ1) is 24.6. The summed E-state index contributed by atoms with van der Waals surface area (Å²) in [6.07, 6.45) is 7.61. The van der Waals surface area contributed by atoms with Crippen molar-refractivity contribution in [3.63, 3.8) is 0 Å². The molecule has 0 radical (unpaired) electrons. The molecule has 1 fully saturated rings. The highest BCUT2D eigenvalue weighted by Gasteiger charge is 2.42. The number of benzene rings is 2. The third-order valence-electron chi connectivity index (χ3n) is 6.75. The molecule has 1 saturated heterocycles. The molecule has 2 aromatic carbocycles. The van der Waals surface area contributed by atoms with Gasteiger partial charge in [0.05, 0.1) is 18.8 Å². The van der Waals surface area contributed by atoms with E-state index in [1.165, 1.54) is 0 Å². The summed E-state index contributed by atoms with van der Waals surface area (Å²) in [5.41, 5.74) is 4.15. The van der Waals surface area contributed by atoms with Gasteiger partial charge >= 0.3 is 0 Å². The van der Waals surface area contributed by atoms with Gasteiger partial charge in [0, 0.05) is 42.7 Å². The lowest BCUT2D eigenvalue weighted by atomic mass is 10.0. The van der Waals surface area contributed by atoms with Crippen LogP contribution in [0.15, 0.2) is 116 Å². The van der Waals surface area contributed by atoms with Gasteiger partial charge in [-0.25, -0.2) is 0 Å². The first-order valence-corrected chi connectivity index (χ1v) is 13.1. The fraction of sp³-hybridized carbons (Fsp3) is 0.129. The quantitative estimate of drug-likeness (QED) is 0.235. The SMILES string of the molecule is COc1ccc(Oc2ccc(N3C(=S)N[C@H](c4ccccn4)[C@@H]3c3cccn3Cc3cccnc3)cc2)cc1. The van der Waals surface area contributed by atoms with Crippen molar-refractivity contribution in [3.05, 3.63) is 133 Å². The molecular weight excluding hydrogens is 506 g/mol. The highest BCUT2D eigenvalue weighted by molar-refractivity contribution is 7.80. The Morgan fingerprint density at radius 2 is 1.62 bits per heavy atom. The average molecular weight is 534 g/mol. The van der Waals surface area contributed by atoms with Crippen LogP contribution in [-0.4, -0.2) is 26.8 Å². The molecule has 3 aromatic heterocycles. The summed E-state index contributed by atoms with van der Waals surface area (Å²) in [6, 6.07) is 29.5. The summed E-state index contributed by atoms with van der Waals surface area (Å²) in [6.45, 7) is 0.705. The number of hydrogen-bond donors (Lipinski definition) is 1. The lowest BCUT2D eigenvalue weighted by Crippen LogP contribution is -2.30. The van der Waals surface area contributed by atoms with Crippen LogP contribution in [0.5, 0.6) is 17.2 Å². The van der Waals surface area contributed by atoms with E-state index in [4.69, 9.17) is 21.7 Å². The topological polar surface area (TPSA) is 64.4 Å². The number of anilines is 1. The fourth-order valence-corrected chi connectivity index (χ4v) is 5.26. The van der Waals surface area contributed by atoms with Gasteiger partial charge in [0.25, 0.3) is 0 Å². The zero-order chi connectivity index (χ0) is 26.6. The second kappa shape index (κ2) is 11.0. The third-order valence-corrected chi connectivity index (χ3v) is 7.07. The number of hydrogen-bond acceptors (Lipinski definition) is 5. The third kappa shape index (κ3) is 5.19. The molecule has 1 N–H and O–H groups in total. The van der Waals surface area contributed by atoms with E-state index in [1.54, 1.807) is 13.3 Å². The molecule has 0 unspecified atom stereocenters. The summed E-state index contributed by atoms with van der Waals surface area (Å²) < 4.78 is 13.5. The summed E-state index contributed by atoms with van der Waals surface area (Å²) in [5, 5.41) is 4.19. The Bertz CT molecular complexity index is 1540. The minimum atomic E-state index is -0.128. The number of nitrogens with zero attached hydrogens (tertiary/aromatic N) is 4. The van der Waals surface area contributed by atoms with Gasteiger partial charge in [0.15, 0.2) is 5.11 Å². The van der Waals surface area contributed by atoms with Gasteiger partial charge in [0.2, 0.25) is 0 Å². The second-order valence-corrected chi connectivity index (χ2v) is 9.58. The molecule has 0 amide bonds. The van der Waals surface area contributed by atoms with Crippen LogP contribution in [0.2, 0.25) is 0 Å². The molecule has 5 aromatic rings. The van der Waals surface area contributed by atoms with Crippen LogP contribution >= 0.6 is 12.2 Å². The van der Waals surface area contributed by atoms with E-state index in [0.29, 0.717) is 11.7 Å². The highest BCUT2D eigenvalue weighted by Crippen LogP contribution is 2.42. The second-order valence-electron chi connectivity index (χ2n) is 9.19. The molecule has 0 spiro atoms. The van der Waals surface area contributed by atoms with Crippen LogP contribution in [-0.2, 0) is 6.54 Å². The number of aromatic nitrogens is 3. The molecule has 2 atom stereocenters. The van der Waals surface area contributed by atoms with Gasteiger partial charge in [-0.15, -0.1) is 0 Å². The molecule has 4 heterocycles. The van der Waals surface area contributed by atoms with E-state index in [9.17, 15) is 0 Å². The molecule has 1 aliphatic heterocycles. The zero-order valence-corrected chi connectivity index (χ0v) is 22.2. The Kier molecular flexibility index (Phi) is 6.93. The smallest absolute Gasteiger partial charge is 0.174 e. The summed E-state index contributed by atoms with van der Waals surface area (Å²) in [7, 11) is 1.65. The number of rotatable bonds is 8. The molecule has 194 valence electrons. The Hall–Kier alpha value is -4.69. The predicted molar refractivity (Wildman–Crippen MR) is 155 cm³/mol. The first-order valence-electron chi connectivity index (χ1n) is 12.7. The van der Waals surface area contributed by atoms with Crippen molar-refractivity contribution in [2.75, 3.05) is 12.0 Å². The van der Waals surface area contributed by atoms with Crippen LogP contribution in [0.1, 0.15) is 29.0 Å². The summed E-state index contributed by atoms with van der Waals surface area (Å²) in [5.74, 6) is 2.26. The van der Waals surface area contributed by atoms with Gasteiger partial charge in [-0.1, -0.05) is 12.1 Å². The first-order chi connectivity index (χ1) is 19.2. The Labute approximate surface area is 232 Å². The van der Waals surface area contributed by atoms with Crippen LogP contribution in [0, 0.1) is 0 Å². The van der Waals surface area contributed by atoms with Crippen molar-refractivity contribution in [2.24, 2.45) is 0 Å². The standard InChI is InChI=1S/C31H27N5O2S/c1-37-24-13-15-26(16-14-24)38-25-11-9-23(10-12-25)36-30(29(34-31(36)39)27-7-2-3-18-33-27)28-8-5-19-35(28)21-22-6-4-17-32-20-22/h2-20,29-30H,21H2,1H3,(H,34,39)/t29-,30+/m1/s1. The van der Waals surface area contributed by atoms with E-state index in [1.807, 2.05) is 85.2 Å². The average Bonchev–Trinajstić information content (AvgIpc) is 3.58. The number of thiocarbonyl (C=S) groups is 1. The maximum Gasteiger partial charge on any atom is 0.174 e. The van der Waals surface area contributed by atoms with Crippen molar-refractivity contribution >= 4 is 23.0 Å². The van der Waals surface area contributed by atoms with Crippen LogP contribution in [0.25, 0.3) is 0 Å². The predicted octanol–water partition coefficient (Wildman–Crippen LogP) is 6.30. The zero-order valence-electron chi connectivity index (χ0n) is 21.3. The molecule has 7 nitrogen and oxygen atoms in total. The maximum absolute atomic E-state index is 6.05. The molecular formula is C31H27N5O2S. The van der Waals surface area contributed by atoms with E-state index >= 15 is 0 Å². The van der Waals surface area contributed by atoms with E-state index in [-0.39, 0.29) is 12.1 Å². The van der Waals surface area contributed by atoms with Crippen molar-refractivity contribution in [1.29, 1.82) is 0 Å². The minimum absolute atomic E-state index is 0.118. The Balaban J connectivity index is 1.33. The molecule has 0 aliphatic carbocycles. The van der Waals surface area contributed by atoms with Crippen LogP contribution in [0.4, 0.5) is 5.69 Å². The van der Waals surface area contributed by atoms with Gasteiger partial charge in [-0.2, -0.15) is 0 Å². The monoisotopic (exact) mass is 533 g/mol. The highest BCUT2D eigenvalue weighted by atomic mass is 32.1. The van der Waals surface area contributed by atoms with E-state index < -0.39 is 0 Å². The van der Waals surface area contributed by atoms with Crippen molar-refractivity contribution < 1.29 is 9.47 Å². The molecule has 1 aliphatic rings. The fourth-order valence-electron chi connectivity index (χ4n) is 4.92. The maximum atomic E-state index is 6.05. The number of ether oxygens (including phenoxy) is 2. The van der Waals surface area contributed by atoms with Crippen LogP contribution < -0.4 is 19.7 Å². The number of methoxy groups -OCH3 is 1. The van der Waals surface area contributed by atoms with Gasteiger partial charge < -0.3 is 24.3 Å². The molecule has 6 rings (SSSR count). The molecule has 39 heavy (non-hydrogen) atoms. The van der Waals surface area contributed by atoms with Crippen molar-refractivity contribution in [3.8, 4) is 17.2 Å². The summed E-state index contributed by atoms with van der Waals surface area (Å²) in [4.78, 5) is 11.1. The van der Waals surface area contributed by atoms with E-state index in [0.717, 1.165) is 39.9 Å². The summed E-state index contributed by atoms with van der Waals surface area (Å²) >= 11 is 5.91. The lowest BCUT2D eigenvalue weighted by molar-refractivity contribution is 0.413.